The number of fused-ring (bicyclic) bond motifs is 3. The van der Waals surface area contributed by atoms with Gasteiger partial charge in [0.15, 0.2) is 6.61 Å². The first-order valence-corrected chi connectivity index (χ1v) is 9.23. The zero-order valence-electron chi connectivity index (χ0n) is 15.8. The van der Waals surface area contributed by atoms with E-state index in [4.69, 9.17) is 4.74 Å². The van der Waals surface area contributed by atoms with Gasteiger partial charge in [-0.3, -0.25) is 9.59 Å². The minimum absolute atomic E-state index is 0.172. The van der Waals surface area contributed by atoms with Crippen LogP contribution in [-0.4, -0.2) is 28.0 Å². The fraction of sp³-hybridized carbons (Fsp3) is 0.136. The number of hydrogen-bond acceptors (Lipinski definition) is 4. The first-order chi connectivity index (χ1) is 14.1. The Kier molecular flexibility index (Phi) is 4.87. The number of aromatic nitrogens is 2. The summed E-state index contributed by atoms with van der Waals surface area (Å²) in [5.41, 5.74) is 2.71. The maximum Gasteiger partial charge on any atom is 0.340 e. The number of hydrogen-bond donors (Lipinski definition) is 2. The van der Waals surface area contributed by atoms with E-state index in [0.29, 0.717) is 5.69 Å². The molecule has 0 atom stereocenters. The van der Waals surface area contributed by atoms with Gasteiger partial charge in [0.1, 0.15) is 0 Å². The van der Waals surface area contributed by atoms with Gasteiger partial charge in [-0.2, -0.15) is 0 Å². The Morgan fingerprint density at radius 3 is 2.59 bits per heavy atom. The van der Waals surface area contributed by atoms with E-state index in [-0.39, 0.29) is 11.1 Å². The standard InChI is InChI=1S/C22H19N3O4/c1-2-25-18-6-4-3-5-16(18)17-11-15(8-9-19(17)25)24-21(27)13-29-22(28)14-7-10-20(26)23-12-14/h3-12H,2,13H2,1H3,(H,23,26)(H,24,27). The Morgan fingerprint density at radius 2 is 1.83 bits per heavy atom. The van der Waals surface area contributed by atoms with Crippen molar-refractivity contribution in [3.05, 3.63) is 76.7 Å². The highest BCUT2D eigenvalue weighted by Gasteiger charge is 2.13. The summed E-state index contributed by atoms with van der Waals surface area (Å²) in [5.74, 6) is -1.13. The number of carbonyl (C=O) groups excluding carboxylic acids is 2. The van der Waals surface area contributed by atoms with Gasteiger partial charge in [0.05, 0.1) is 5.56 Å². The SMILES string of the molecule is CCn1c2ccccc2c2cc(NC(=O)COC(=O)c3ccc(=O)[nH]c3)ccc21. The number of para-hydroxylation sites is 1. The minimum atomic E-state index is -0.683. The third-order valence-electron chi connectivity index (χ3n) is 4.73. The van der Waals surface area contributed by atoms with Crippen molar-refractivity contribution < 1.29 is 14.3 Å². The van der Waals surface area contributed by atoms with Gasteiger partial charge in [0.25, 0.3) is 5.91 Å². The summed E-state index contributed by atoms with van der Waals surface area (Å²) in [6.45, 7) is 2.52. The van der Waals surface area contributed by atoms with Crippen molar-refractivity contribution in [2.75, 3.05) is 11.9 Å². The fourth-order valence-electron chi connectivity index (χ4n) is 3.42. The first-order valence-electron chi connectivity index (χ1n) is 9.23. The van der Waals surface area contributed by atoms with Crippen LogP contribution in [0.5, 0.6) is 0 Å². The second-order valence-electron chi connectivity index (χ2n) is 6.56. The lowest BCUT2D eigenvalue weighted by Crippen LogP contribution is -2.21. The predicted molar refractivity (Wildman–Crippen MR) is 111 cm³/mol. The number of H-pyrrole nitrogens is 1. The average Bonchev–Trinajstić information content (AvgIpc) is 3.05. The van der Waals surface area contributed by atoms with Crippen molar-refractivity contribution in [1.29, 1.82) is 0 Å². The predicted octanol–water partition coefficient (Wildman–Crippen LogP) is 3.30. The highest BCUT2D eigenvalue weighted by Crippen LogP contribution is 2.30. The van der Waals surface area contributed by atoms with Crippen molar-refractivity contribution >= 4 is 39.4 Å². The molecule has 0 unspecified atom stereocenters. The summed E-state index contributed by atoms with van der Waals surface area (Å²) < 4.78 is 7.23. The minimum Gasteiger partial charge on any atom is -0.452 e. The molecule has 0 saturated carbocycles. The quantitative estimate of drug-likeness (QED) is 0.512. The topological polar surface area (TPSA) is 93.2 Å². The van der Waals surface area contributed by atoms with Crippen molar-refractivity contribution in [3.63, 3.8) is 0 Å². The molecule has 0 fully saturated rings. The van der Waals surface area contributed by atoms with E-state index >= 15 is 0 Å². The second kappa shape index (κ2) is 7.63. The molecule has 0 aliphatic carbocycles. The van der Waals surface area contributed by atoms with E-state index in [1.54, 1.807) is 0 Å². The summed E-state index contributed by atoms with van der Waals surface area (Å²) >= 11 is 0. The van der Waals surface area contributed by atoms with Crippen LogP contribution in [0.25, 0.3) is 21.8 Å². The van der Waals surface area contributed by atoms with E-state index in [1.165, 1.54) is 18.3 Å². The molecule has 7 heteroatoms. The van der Waals surface area contributed by atoms with E-state index in [2.05, 4.69) is 33.9 Å². The summed E-state index contributed by atoms with van der Waals surface area (Å²) in [6, 6.07) is 16.4. The lowest BCUT2D eigenvalue weighted by atomic mass is 10.1. The molecule has 2 aromatic heterocycles. The van der Waals surface area contributed by atoms with Crippen molar-refractivity contribution in [3.8, 4) is 0 Å². The number of ether oxygens (including phenoxy) is 1. The summed E-state index contributed by atoms with van der Waals surface area (Å²) in [5, 5.41) is 4.92. The van der Waals surface area contributed by atoms with Gasteiger partial charge in [-0.05, 0) is 37.3 Å². The number of amides is 1. The van der Waals surface area contributed by atoms with Crippen LogP contribution in [0, 0.1) is 0 Å². The number of pyridine rings is 1. The monoisotopic (exact) mass is 389 g/mol. The molecule has 4 rings (SSSR count). The first kappa shape index (κ1) is 18.5. The van der Waals surface area contributed by atoms with Gasteiger partial charge < -0.3 is 19.6 Å². The third kappa shape index (κ3) is 3.62. The van der Waals surface area contributed by atoms with Gasteiger partial charge in [-0.15, -0.1) is 0 Å². The normalized spacial score (nSPS) is 10.9. The van der Waals surface area contributed by atoms with E-state index in [0.717, 1.165) is 28.4 Å². The molecular formula is C22H19N3O4. The molecule has 2 heterocycles. The number of benzene rings is 2. The number of nitrogens with one attached hydrogen (secondary N) is 2. The van der Waals surface area contributed by atoms with Gasteiger partial charge in [0.2, 0.25) is 5.56 Å². The number of rotatable bonds is 5. The number of aryl methyl sites for hydroxylation is 1. The smallest absolute Gasteiger partial charge is 0.340 e. The molecule has 2 N–H and O–H groups in total. The van der Waals surface area contributed by atoms with Gasteiger partial charge in [-0.25, -0.2) is 4.79 Å². The Labute approximate surface area is 165 Å². The maximum absolute atomic E-state index is 12.2. The molecule has 7 nitrogen and oxygen atoms in total. The number of aromatic amines is 1. The molecule has 0 aliphatic heterocycles. The van der Waals surface area contributed by atoms with Crippen LogP contribution >= 0.6 is 0 Å². The van der Waals surface area contributed by atoms with Crippen molar-refractivity contribution in [1.82, 2.24) is 9.55 Å². The highest BCUT2D eigenvalue weighted by molar-refractivity contribution is 6.10. The lowest BCUT2D eigenvalue weighted by Gasteiger charge is -2.07. The van der Waals surface area contributed by atoms with Crippen molar-refractivity contribution in [2.24, 2.45) is 0 Å². The van der Waals surface area contributed by atoms with E-state index < -0.39 is 18.5 Å². The lowest BCUT2D eigenvalue weighted by molar-refractivity contribution is -0.119. The number of carbonyl (C=O) groups is 2. The van der Waals surface area contributed by atoms with Crippen LogP contribution in [0.4, 0.5) is 5.69 Å². The molecule has 0 bridgehead atoms. The average molecular weight is 389 g/mol. The molecular weight excluding hydrogens is 370 g/mol. The Bertz CT molecular complexity index is 1270. The van der Waals surface area contributed by atoms with Crippen LogP contribution in [0.3, 0.4) is 0 Å². The van der Waals surface area contributed by atoms with Crippen LogP contribution in [0.15, 0.2) is 65.6 Å². The van der Waals surface area contributed by atoms with Crippen LogP contribution < -0.4 is 10.9 Å². The van der Waals surface area contributed by atoms with Crippen molar-refractivity contribution in [2.45, 2.75) is 13.5 Å². The molecule has 2 aromatic carbocycles. The van der Waals surface area contributed by atoms with E-state index in [1.807, 2.05) is 30.3 Å². The van der Waals surface area contributed by atoms with Crippen LogP contribution in [-0.2, 0) is 16.1 Å². The second-order valence-corrected chi connectivity index (χ2v) is 6.56. The summed E-state index contributed by atoms with van der Waals surface area (Å²) in [4.78, 5) is 37.6. The molecule has 0 spiro atoms. The van der Waals surface area contributed by atoms with Gasteiger partial charge in [0, 0.05) is 46.3 Å². The largest absolute Gasteiger partial charge is 0.452 e. The highest BCUT2D eigenvalue weighted by atomic mass is 16.5. The maximum atomic E-state index is 12.2. The number of nitrogens with zero attached hydrogens (tertiary/aromatic N) is 1. The van der Waals surface area contributed by atoms with Crippen LogP contribution in [0.1, 0.15) is 17.3 Å². The summed E-state index contributed by atoms with van der Waals surface area (Å²) in [6.07, 6.45) is 1.25. The van der Waals surface area contributed by atoms with Crippen LogP contribution in [0.2, 0.25) is 0 Å². The Morgan fingerprint density at radius 1 is 1.03 bits per heavy atom. The molecule has 0 saturated heterocycles. The number of esters is 1. The molecule has 146 valence electrons. The molecule has 0 radical (unpaired) electrons. The zero-order valence-corrected chi connectivity index (χ0v) is 15.8. The zero-order chi connectivity index (χ0) is 20.4. The Hall–Kier alpha value is -3.87. The Balaban J connectivity index is 1.49. The summed E-state index contributed by atoms with van der Waals surface area (Å²) in [7, 11) is 0. The fourth-order valence-corrected chi connectivity index (χ4v) is 3.42. The van der Waals surface area contributed by atoms with Gasteiger partial charge in [-0.1, -0.05) is 18.2 Å². The van der Waals surface area contributed by atoms with E-state index in [9.17, 15) is 14.4 Å². The molecule has 1 amide bonds. The third-order valence-corrected chi connectivity index (χ3v) is 4.73. The van der Waals surface area contributed by atoms with Gasteiger partial charge >= 0.3 is 5.97 Å². The number of anilines is 1. The molecule has 29 heavy (non-hydrogen) atoms. The molecule has 4 aromatic rings. The molecule has 0 aliphatic rings.